The average molecular weight is 281 g/mol. The average Bonchev–Trinajstić information content (AvgIpc) is 2.38. The molecule has 0 aromatic carbocycles. The van der Waals surface area contributed by atoms with Crippen LogP contribution in [0.3, 0.4) is 0 Å². The fraction of sp³-hybridized carbons (Fsp3) is 0.500. The molecule has 1 saturated heterocycles. The van der Waals surface area contributed by atoms with Crippen LogP contribution in [0.1, 0.15) is 26.2 Å². The molecule has 20 heavy (non-hydrogen) atoms. The highest BCUT2D eigenvalue weighted by Crippen LogP contribution is 2.34. The van der Waals surface area contributed by atoms with Gasteiger partial charge in [0.1, 0.15) is 11.7 Å². The van der Waals surface area contributed by atoms with E-state index in [0.717, 1.165) is 5.57 Å². The van der Waals surface area contributed by atoms with Gasteiger partial charge in [0, 0.05) is 18.8 Å². The summed E-state index contributed by atoms with van der Waals surface area (Å²) in [6.45, 7) is 1.81. The molecule has 2 atom stereocenters. The van der Waals surface area contributed by atoms with Crippen LogP contribution in [0.25, 0.3) is 0 Å². The maximum atomic E-state index is 13.0. The number of ether oxygens (including phenoxy) is 1. The SMILES string of the molecule is CCOC(=O)[C@@H]1C(=O)NC(=O)C[C@H]1C1=CC=C(F)CC1. The smallest absolute Gasteiger partial charge is 0.319 e. The quantitative estimate of drug-likeness (QED) is 0.482. The van der Waals surface area contributed by atoms with Gasteiger partial charge in [-0.25, -0.2) is 4.39 Å². The number of hydrogen-bond acceptors (Lipinski definition) is 4. The molecule has 2 amide bonds. The predicted octanol–water partition coefficient (Wildman–Crippen LogP) is 1.40. The molecule has 0 aromatic rings. The molecule has 5 nitrogen and oxygen atoms in total. The predicted molar refractivity (Wildman–Crippen MR) is 67.9 cm³/mol. The second kappa shape index (κ2) is 5.98. The van der Waals surface area contributed by atoms with Crippen molar-refractivity contribution in [2.24, 2.45) is 11.8 Å². The fourth-order valence-corrected chi connectivity index (χ4v) is 2.55. The Morgan fingerprint density at radius 1 is 1.40 bits per heavy atom. The van der Waals surface area contributed by atoms with Crippen LogP contribution in [0.15, 0.2) is 23.6 Å². The highest BCUT2D eigenvalue weighted by Gasteiger charge is 2.43. The molecule has 0 unspecified atom stereocenters. The molecule has 0 radical (unpaired) electrons. The van der Waals surface area contributed by atoms with E-state index in [4.69, 9.17) is 4.74 Å². The number of hydrogen-bond donors (Lipinski definition) is 1. The number of esters is 1. The van der Waals surface area contributed by atoms with Crippen molar-refractivity contribution in [3.8, 4) is 0 Å². The maximum absolute atomic E-state index is 13.0. The molecular formula is C14H16FNO4. The molecule has 1 heterocycles. The lowest BCUT2D eigenvalue weighted by Gasteiger charge is -2.31. The Morgan fingerprint density at radius 3 is 2.75 bits per heavy atom. The van der Waals surface area contributed by atoms with Crippen molar-refractivity contribution in [2.75, 3.05) is 6.61 Å². The van der Waals surface area contributed by atoms with Crippen molar-refractivity contribution in [3.63, 3.8) is 0 Å². The number of halogens is 1. The molecule has 0 aromatic heterocycles. The van der Waals surface area contributed by atoms with Crippen LogP contribution in [0, 0.1) is 11.8 Å². The summed E-state index contributed by atoms with van der Waals surface area (Å²) in [6, 6.07) is 0. The van der Waals surface area contributed by atoms with E-state index in [-0.39, 0.29) is 25.3 Å². The first-order chi connectivity index (χ1) is 9.52. The van der Waals surface area contributed by atoms with E-state index in [1.807, 2.05) is 0 Å². The first-order valence-electron chi connectivity index (χ1n) is 6.58. The summed E-state index contributed by atoms with van der Waals surface area (Å²) in [5.74, 6) is -3.52. The monoisotopic (exact) mass is 281 g/mol. The van der Waals surface area contributed by atoms with Gasteiger partial charge in [-0.05, 0) is 19.4 Å². The topological polar surface area (TPSA) is 72.5 Å². The number of piperidine rings is 1. The third-order valence-electron chi connectivity index (χ3n) is 3.50. The first kappa shape index (κ1) is 14.4. The van der Waals surface area contributed by atoms with E-state index in [0.29, 0.717) is 6.42 Å². The second-order valence-electron chi connectivity index (χ2n) is 4.81. The number of allylic oxidation sites excluding steroid dienone is 4. The van der Waals surface area contributed by atoms with Gasteiger partial charge in [0.05, 0.1) is 6.61 Å². The molecule has 0 saturated carbocycles. The van der Waals surface area contributed by atoms with Crippen molar-refractivity contribution in [3.05, 3.63) is 23.6 Å². The standard InChI is InChI=1S/C14H16FNO4/c1-2-20-14(19)12-10(7-11(17)16-13(12)18)8-3-5-9(15)6-4-8/h3,5,10,12H,2,4,6-7H2,1H3,(H,16,17,18)/t10-,12-/m0/s1. The van der Waals surface area contributed by atoms with Crippen LogP contribution in [0.4, 0.5) is 4.39 Å². The van der Waals surface area contributed by atoms with Gasteiger partial charge >= 0.3 is 5.97 Å². The van der Waals surface area contributed by atoms with Crippen LogP contribution in [-0.2, 0) is 19.1 Å². The third-order valence-corrected chi connectivity index (χ3v) is 3.50. The summed E-state index contributed by atoms with van der Waals surface area (Å²) in [4.78, 5) is 35.3. The molecule has 1 aliphatic heterocycles. The molecule has 0 bridgehead atoms. The van der Waals surface area contributed by atoms with Crippen molar-refractivity contribution < 1.29 is 23.5 Å². The molecule has 1 aliphatic carbocycles. The molecule has 2 rings (SSSR count). The van der Waals surface area contributed by atoms with Crippen molar-refractivity contribution in [1.29, 1.82) is 0 Å². The number of amides is 2. The maximum Gasteiger partial charge on any atom is 0.319 e. The largest absolute Gasteiger partial charge is 0.465 e. The zero-order valence-electron chi connectivity index (χ0n) is 11.1. The molecule has 108 valence electrons. The molecular weight excluding hydrogens is 265 g/mol. The fourth-order valence-electron chi connectivity index (χ4n) is 2.55. The summed E-state index contributed by atoms with van der Waals surface area (Å²) in [7, 11) is 0. The summed E-state index contributed by atoms with van der Waals surface area (Å²) < 4.78 is 17.9. The van der Waals surface area contributed by atoms with Crippen molar-refractivity contribution in [1.82, 2.24) is 5.32 Å². The van der Waals surface area contributed by atoms with Gasteiger partial charge in [0.15, 0.2) is 0 Å². The number of rotatable bonds is 3. The Balaban J connectivity index is 2.27. The van der Waals surface area contributed by atoms with Gasteiger partial charge in [0.2, 0.25) is 11.8 Å². The van der Waals surface area contributed by atoms with Crippen LogP contribution >= 0.6 is 0 Å². The van der Waals surface area contributed by atoms with Crippen LogP contribution in [0.2, 0.25) is 0 Å². The Kier molecular flexibility index (Phi) is 4.32. The van der Waals surface area contributed by atoms with Gasteiger partial charge in [-0.2, -0.15) is 0 Å². The Labute approximate surface area is 115 Å². The highest BCUT2D eigenvalue weighted by atomic mass is 19.1. The number of carbonyl (C=O) groups excluding carboxylic acids is 3. The van der Waals surface area contributed by atoms with Gasteiger partial charge < -0.3 is 4.74 Å². The minimum Gasteiger partial charge on any atom is -0.465 e. The minimum atomic E-state index is -1.03. The number of nitrogens with one attached hydrogen (secondary N) is 1. The Morgan fingerprint density at radius 2 is 2.15 bits per heavy atom. The Bertz CT molecular complexity index is 509. The van der Waals surface area contributed by atoms with E-state index in [1.54, 1.807) is 13.0 Å². The van der Waals surface area contributed by atoms with Crippen LogP contribution < -0.4 is 5.32 Å². The lowest BCUT2D eigenvalue weighted by atomic mass is 9.77. The Hall–Kier alpha value is -1.98. The van der Waals surface area contributed by atoms with Gasteiger partial charge in [0.25, 0.3) is 0 Å². The zero-order valence-corrected chi connectivity index (χ0v) is 11.1. The van der Waals surface area contributed by atoms with E-state index >= 15 is 0 Å². The van der Waals surface area contributed by atoms with E-state index in [2.05, 4.69) is 5.32 Å². The van der Waals surface area contributed by atoms with E-state index in [9.17, 15) is 18.8 Å². The van der Waals surface area contributed by atoms with Crippen molar-refractivity contribution >= 4 is 17.8 Å². The first-order valence-corrected chi connectivity index (χ1v) is 6.58. The minimum absolute atomic E-state index is 0.0382. The third kappa shape index (κ3) is 2.95. The van der Waals surface area contributed by atoms with Gasteiger partial charge in [-0.15, -0.1) is 0 Å². The van der Waals surface area contributed by atoms with Crippen molar-refractivity contribution in [2.45, 2.75) is 26.2 Å². The second-order valence-corrected chi connectivity index (χ2v) is 4.81. The summed E-state index contributed by atoms with van der Waals surface area (Å²) in [5, 5.41) is 2.15. The van der Waals surface area contributed by atoms with E-state index in [1.165, 1.54) is 6.08 Å². The molecule has 0 spiro atoms. The normalized spacial score (nSPS) is 26.5. The molecule has 6 heteroatoms. The van der Waals surface area contributed by atoms with E-state index < -0.39 is 29.6 Å². The van der Waals surface area contributed by atoms with Crippen LogP contribution in [0.5, 0.6) is 0 Å². The van der Waals surface area contributed by atoms with Gasteiger partial charge in [-0.3, -0.25) is 19.7 Å². The molecule has 1 N–H and O–H groups in total. The lowest BCUT2D eigenvalue weighted by molar-refractivity contribution is -0.156. The zero-order chi connectivity index (χ0) is 14.7. The molecule has 2 aliphatic rings. The van der Waals surface area contributed by atoms with Gasteiger partial charge in [-0.1, -0.05) is 11.6 Å². The highest BCUT2D eigenvalue weighted by molar-refractivity contribution is 6.08. The van der Waals surface area contributed by atoms with Crippen LogP contribution in [-0.4, -0.2) is 24.4 Å². The summed E-state index contributed by atoms with van der Waals surface area (Å²) in [5.41, 5.74) is 0.743. The number of carbonyl (C=O) groups is 3. The lowest BCUT2D eigenvalue weighted by Crippen LogP contribution is -2.50. The number of imide groups is 1. The summed E-state index contributed by atoms with van der Waals surface area (Å²) in [6.07, 6.45) is 3.55. The summed E-state index contributed by atoms with van der Waals surface area (Å²) >= 11 is 0. The molecule has 1 fully saturated rings.